The molecule has 0 amide bonds. The molecule has 1 unspecified atom stereocenters. The van der Waals surface area contributed by atoms with Crippen LogP contribution < -0.4 is 10.9 Å². The van der Waals surface area contributed by atoms with Gasteiger partial charge < -0.3 is 10.2 Å². The van der Waals surface area contributed by atoms with E-state index in [0.29, 0.717) is 6.04 Å². The van der Waals surface area contributed by atoms with Gasteiger partial charge in [0.15, 0.2) is 0 Å². The van der Waals surface area contributed by atoms with Crippen molar-refractivity contribution >= 4 is 0 Å². The van der Waals surface area contributed by atoms with Crippen LogP contribution in [-0.4, -0.2) is 62.2 Å². The largest absolute Gasteiger partial charge is 0.317 e. The molecular weight excluding hydrogens is 202 g/mol. The van der Waals surface area contributed by atoms with E-state index in [1.54, 1.807) is 0 Å². The zero-order valence-electron chi connectivity index (χ0n) is 11.1. The third kappa shape index (κ3) is 4.00. The Balaban J connectivity index is 2.38. The van der Waals surface area contributed by atoms with Crippen LogP contribution in [0.5, 0.6) is 0 Å². The van der Waals surface area contributed by atoms with Crippen LogP contribution in [0.1, 0.15) is 13.3 Å². The molecule has 94 valence electrons. The molecule has 5 heteroatoms. The van der Waals surface area contributed by atoms with Crippen molar-refractivity contribution in [3.63, 3.8) is 0 Å². The Hall–Kier alpha value is -0.780. The normalized spacial score (nSPS) is 18.2. The fraction of sp³-hybridized carbons (Fsp3) is 0.818. The van der Waals surface area contributed by atoms with E-state index in [9.17, 15) is 0 Å². The average Bonchev–Trinajstić information content (AvgIpc) is 2.55. The van der Waals surface area contributed by atoms with Gasteiger partial charge in [0.05, 0.1) is 5.70 Å². The van der Waals surface area contributed by atoms with Crippen molar-refractivity contribution in [3.05, 3.63) is 11.9 Å². The van der Waals surface area contributed by atoms with E-state index in [4.69, 9.17) is 0 Å². The van der Waals surface area contributed by atoms with Crippen molar-refractivity contribution in [2.24, 2.45) is 0 Å². The summed E-state index contributed by atoms with van der Waals surface area (Å²) in [6.45, 7) is 4.18. The summed E-state index contributed by atoms with van der Waals surface area (Å²) in [6, 6.07) is 0.554. The fourth-order valence-corrected chi connectivity index (χ4v) is 1.61. The van der Waals surface area contributed by atoms with Gasteiger partial charge in [0.25, 0.3) is 0 Å². The van der Waals surface area contributed by atoms with E-state index >= 15 is 0 Å². The molecular formula is C11H25N5. The Labute approximate surface area is 99.0 Å². The lowest BCUT2D eigenvalue weighted by molar-refractivity contribution is 0.145. The first kappa shape index (κ1) is 13.3. The summed E-state index contributed by atoms with van der Waals surface area (Å²) in [5.41, 5.74) is 4.60. The molecule has 0 aromatic heterocycles. The summed E-state index contributed by atoms with van der Waals surface area (Å²) < 4.78 is 0. The molecule has 0 saturated heterocycles. The maximum Gasteiger partial charge on any atom is 0.0622 e. The minimum absolute atomic E-state index is 0.554. The predicted octanol–water partition coefficient (Wildman–Crippen LogP) is 0.0544. The summed E-state index contributed by atoms with van der Waals surface area (Å²) in [5.74, 6) is 0. The molecule has 1 aliphatic rings. The minimum atomic E-state index is 0.554. The average molecular weight is 227 g/mol. The number of nitrogens with one attached hydrogen (secondary N) is 2. The fourth-order valence-electron chi connectivity index (χ4n) is 1.61. The van der Waals surface area contributed by atoms with Crippen molar-refractivity contribution in [2.75, 3.05) is 41.3 Å². The lowest BCUT2D eigenvalue weighted by Crippen LogP contribution is -2.40. The smallest absolute Gasteiger partial charge is 0.0622 e. The summed E-state index contributed by atoms with van der Waals surface area (Å²) in [4.78, 5) is 2.17. The summed E-state index contributed by atoms with van der Waals surface area (Å²) in [7, 11) is 8.22. The molecule has 0 aromatic rings. The summed E-state index contributed by atoms with van der Waals surface area (Å²) >= 11 is 0. The first-order chi connectivity index (χ1) is 7.52. The second-order valence-corrected chi connectivity index (χ2v) is 4.69. The van der Waals surface area contributed by atoms with E-state index < -0.39 is 0 Å². The minimum Gasteiger partial charge on any atom is -0.317 e. The molecule has 0 spiro atoms. The zero-order valence-corrected chi connectivity index (χ0v) is 11.1. The van der Waals surface area contributed by atoms with E-state index in [2.05, 4.69) is 60.0 Å². The highest BCUT2D eigenvalue weighted by atomic mass is 15.8. The van der Waals surface area contributed by atoms with Crippen LogP contribution in [0.15, 0.2) is 11.9 Å². The molecule has 0 aromatic carbocycles. The number of likely N-dealkylation sites (N-methyl/N-ethyl adjacent to an activating group) is 2. The molecule has 0 fully saturated rings. The number of hydrogen-bond donors (Lipinski definition) is 2. The van der Waals surface area contributed by atoms with Crippen molar-refractivity contribution in [3.8, 4) is 0 Å². The van der Waals surface area contributed by atoms with Crippen LogP contribution in [0.3, 0.4) is 0 Å². The number of hydrazine groups is 2. The maximum absolute atomic E-state index is 3.31. The number of nitrogens with zero attached hydrogens (tertiary/aromatic N) is 3. The highest BCUT2D eigenvalue weighted by Gasteiger charge is 2.17. The summed E-state index contributed by atoms with van der Waals surface area (Å²) in [6.07, 6.45) is 3.31. The van der Waals surface area contributed by atoms with Crippen molar-refractivity contribution in [1.82, 2.24) is 25.8 Å². The molecule has 1 rings (SSSR count). The Morgan fingerprint density at radius 2 is 2.19 bits per heavy atom. The van der Waals surface area contributed by atoms with Gasteiger partial charge in [-0.2, -0.15) is 0 Å². The molecule has 2 N–H and O–H groups in total. The first-order valence-corrected chi connectivity index (χ1v) is 5.82. The van der Waals surface area contributed by atoms with Gasteiger partial charge in [-0.15, -0.1) is 5.53 Å². The highest BCUT2D eigenvalue weighted by molar-refractivity contribution is 5.04. The molecule has 0 radical (unpaired) electrons. The molecule has 0 saturated carbocycles. The van der Waals surface area contributed by atoms with Crippen molar-refractivity contribution in [1.29, 1.82) is 0 Å². The molecule has 16 heavy (non-hydrogen) atoms. The van der Waals surface area contributed by atoms with Crippen LogP contribution in [0.4, 0.5) is 0 Å². The molecule has 1 heterocycles. The lowest BCUT2D eigenvalue weighted by atomic mass is 10.2. The highest BCUT2D eigenvalue weighted by Crippen LogP contribution is 2.10. The third-order valence-corrected chi connectivity index (χ3v) is 2.79. The second kappa shape index (κ2) is 6.08. The van der Waals surface area contributed by atoms with E-state index in [1.165, 1.54) is 5.70 Å². The van der Waals surface area contributed by atoms with Crippen LogP contribution >= 0.6 is 0 Å². The standard InChI is InChI=1S/C11H25N5/c1-10(12-2)6-7-16-9-11(8-14(3)4)15(5)13-16/h9-10,12-13H,6-8H2,1-5H3. The number of rotatable bonds is 6. The summed E-state index contributed by atoms with van der Waals surface area (Å²) in [5, 5.41) is 7.47. The Morgan fingerprint density at radius 3 is 2.75 bits per heavy atom. The maximum atomic E-state index is 3.31. The Bertz CT molecular complexity index is 239. The topological polar surface area (TPSA) is 33.8 Å². The van der Waals surface area contributed by atoms with Crippen LogP contribution in [0.25, 0.3) is 0 Å². The number of hydrogen-bond acceptors (Lipinski definition) is 5. The monoisotopic (exact) mass is 227 g/mol. The zero-order chi connectivity index (χ0) is 12.1. The molecule has 1 aliphatic heterocycles. The van der Waals surface area contributed by atoms with Gasteiger partial charge in [-0.3, -0.25) is 10.0 Å². The van der Waals surface area contributed by atoms with E-state index in [-0.39, 0.29) is 0 Å². The SMILES string of the molecule is CNC(C)CCN1C=C(CN(C)C)N(C)N1. The Morgan fingerprint density at radius 1 is 1.50 bits per heavy atom. The first-order valence-electron chi connectivity index (χ1n) is 5.82. The second-order valence-electron chi connectivity index (χ2n) is 4.69. The van der Waals surface area contributed by atoms with Crippen molar-refractivity contribution in [2.45, 2.75) is 19.4 Å². The van der Waals surface area contributed by atoms with Gasteiger partial charge in [-0.25, -0.2) is 0 Å². The van der Waals surface area contributed by atoms with E-state index in [1.807, 2.05) is 7.05 Å². The van der Waals surface area contributed by atoms with Crippen LogP contribution in [0, 0.1) is 0 Å². The molecule has 5 nitrogen and oxygen atoms in total. The molecule has 0 bridgehead atoms. The predicted molar refractivity (Wildman–Crippen MR) is 67.4 cm³/mol. The van der Waals surface area contributed by atoms with Gasteiger partial charge >= 0.3 is 0 Å². The van der Waals surface area contributed by atoms with Crippen LogP contribution in [-0.2, 0) is 0 Å². The molecule has 0 aliphatic carbocycles. The van der Waals surface area contributed by atoms with Gasteiger partial charge in [-0.05, 0) is 34.5 Å². The van der Waals surface area contributed by atoms with Crippen molar-refractivity contribution < 1.29 is 0 Å². The molecule has 1 atom stereocenters. The third-order valence-electron chi connectivity index (χ3n) is 2.79. The van der Waals surface area contributed by atoms with Gasteiger partial charge in [-0.1, -0.05) is 0 Å². The van der Waals surface area contributed by atoms with E-state index in [0.717, 1.165) is 19.5 Å². The quantitative estimate of drug-likeness (QED) is 0.670. The Kier molecular flexibility index (Phi) is 5.05. The lowest BCUT2D eigenvalue weighted by Gasteiger charge is -2.22. The van der Waals surface area contributed by atoms with Crippen LogP contribution in [0.2, 0.25) is 0 Å². The van der Waals surface area contributed by atoms with Gasteiger partial charge in [0, 0.05) is 32.4 Å². The van der Waals surface area contributed by atoms with Gasteiger partial charge in [0.2, 0.25) is 0 Å². The van der Waals surface area contributed by atoms with Gasteiger partial charge in [0.1, 0.15) is 0 Å².